The van der Waals surface area contributed by atoms with Gasteiger partial charge in [-0.2, -0.15) is 0 Å². The van der Waals surface area contributed by atoms with Gasteiger partial charge in [0, 0.05) is 30.9 Å². The summed E-state index contributed by atoms with van der Waals surface area (Å²) in [5, 5.41) is 0. The van der Waals surface area contributed by atoms with Crippen LogP contribution in [0.2, 0.25) is 0 Å². The molecule has 1 aliphatic carbocycles. The smallest absolute Gasteiger partial charge is 0.0361 e. The molecule has 0 unspecified atom stereocenters. The second kappa shape index (κ2) is 4.72. The summed E-state index contributed by atoms with van der Waals surface area (Å²) in [6.45, 7) is 0. The van der Waals surface area contributed by atoms with Crippen molar-refractivity contribution in [3.8, 4) is 11.8 Å². The molecule has 1 heteroatoms. The zero-order chi connectivity index (χ0) is 11.4. The van der Waals surface area contributed by atoms with Gasteiger partial charge in [0.2, 0.25) is 0 Å². The van der Waals surface area contributed by atoms with Gasteiger partial charge in [-0.25, -0.2) is 0 Å². The summed E-state index contributed by atoms with van der Waals surface area (Å²) in [6, 6.07) is 8.30. The standard InChI is InChI=1S/C15H15N/c1-16(2)15-11-9-14(10-12-15)8-7-13-5-3-4-6-13/h3-5,9-12H,6H2,1-2H3. The molecule has 0 N–H and O–H groups in total. The molecule has 0 bridgehead atoms. The van der Waals surface area contributed by atoms with Gasteiger partial charge < -0.3 is 4.90 Å². The molecule has 16 heavy (non-hydrogen) atoms. The molecule has 0 heterocycles. The summed E-state index contributed by atoms with van der Waals surface area (Å²) in [7, 11) is 4.07. The van der Waals surface area contributed by atoms with E-state index in [4.69, 9.17) is 0 Å². The Balaban J connectivity index is 2.10. The SMILES string of the molecule is CN(C)c1ccc(C#CC2=CC=CC2)cc1. The highest BCUT2D eigenvalue weighted by molar-refractivity contribution is 5.51. The maximum absolute atomic E-state index is 3.18. The first-order valence-corrected chi connectivity index (χ1v) is 5.41. The van der Waals surface area contributed by atoms with Crippen LogP contribution in [-0.4, -0.2) is 14.1 Å². The van der Waals surface area contributed by atoms with E-state index in [-0.39, 0.29) is 0 Å². The van der Waals surface area contributed by atoms with Crippen LogP contribution in [0, 0.1) is 11.8 Å². The van der Waals surface area contributed by atoms with Crippen molar-refractivity contribution in [1.82, 2.24) is 0 Å². The van der Waals surface area contributed by atoms with E-state index in [0.717, 1.165) is 12.0 Å². The quantitative estimate of drug-likeness (QED) is 0.643. The minimum atomic E-state index is 0.975. The van der Waals surface area contributed by atoms with Crippen molar-refractivity contribution < 1.29 is 0 Å². The molecule has 1 nitrogen and oxygen atoms in total. The predicted molar refractivity (Wildman–Crippen MR) is 69.5 cm³/mol. The van der Waals surface area contributed by atoms with E-state index in [1.165, 1.54) is 11.3 Å². The van der Waals surface area contributed by atoms with Gasteiger partial charge in [-0.1, -0.05) is 30.1 Å². The monoisotopic (exact) mass is 209 g/mol. The van der Waals surface area contributed by atoms with Gasteiger partial charge in [-0.3, -0.25) is 0 Å². The number of hydrogen-bond acceptors (Lipinski definition) is 1. The first-order valence-electron chi connectivity index (χ1n) is 5.41. The van der Waals surface area contributed by atoms with Crippen LogP contribution in [0.15, 0.2) is 48.1 Å². The Morgan fingerprint density at radius 1 is 1.06 bits per heavy atom. The van der Waals surface area contributed by atoms with Gasteiger partial charge in [0.1, 0.15) is 0 Å². The van der Waals surface area contributed by atoms with E-state index < -0.39 is 0 Å². The lowest BCUT2D eigenvalue weighted by Crippen LogP contribution is -2.07. The number of benzene rings is 1. The van der Waals surface area contributed by atoms with E-state index in [9.17, 15) is 0 Å². The number of hydrogen-bond donors (Lipinski definition) is 0. The molecule has 0 spiro atoms. The van der Waals surface area contributed by atoms with Crippen LogP contribution in [0.25, 0.3) is 0 Å². The zero-order valence-corrected chi connectivity index (χ0v) is 9.70. The Kier molecular flexibility index (Phi) is 3.12. The number of allylic oxidation sites excluding steroid dienone is 4. The molecule has 2 rings (SSSR count). The van der Waals surface area contributed by atoms with Crippen molar-refractivity contribution >= 4 is 5.69 Å². The van der Waals surface area contributed by atoms with E-state index in [2.05, 4.69) is 59.2 Å². The number of rotatable bonds is 1. The molecule has 80 valence electrons. The maximum Gasteiger partial charge on any atom is 0.0361 e. The van der Waals surface area contributed by atoms with Crippen LogP contribution in [-0.2, 0) is 0 Å². The summed E-state index contributed by atoms with van der Waals surface area (Å²) in [4.78, 5) is 2.08. The van der Waals surface area contributed by atoms with Gasteiger partial charge in [0.05, 0.1) is 0 Å². The normalized spacial score (nSPS) is 13.0. The fraction of sp³-hybridized carbons (Fsp3) is 0.200. The molecule has 0 fully saturated rings. The topological polar surface area (TPSA) is 3.24 Å². The fourth-order valence-corrected chi connectivity index (χ4v) is 1.54. The second-order valence-corrected chi connectivity index (χ2v) is 4.02. The molecule has 0 aliphatic heterocycles. The van der Waals surface area contributed by atoms with Crippen molar-refractivity contribution in [3.05, 3.63) is 53.6 Å². The van der Waals surface area contributed by atoms with Crippen LogP contribution >= 0.6 is 0 Å². The van der Waals surface area contributed by atoms with E-state index >= 15 is 0 Å². The lowest BCUT2D eigenvalue weighted by atomic mass is 10.1. The van der Waals surface area contributed by atoms with E-state index in [1.54, 1.807) is 0 Å². The van der Waals surface area contributed by atoms with Crippen molar-refractivity contribution in [2.45, 2.75) is 6.42 Å². The van der Waals surface area contributed by atoms with Gasteiger partial charge in [0.25, 0.3) is 0 Å². The zero-order valence-electron chi connectivity index (χ0n) is 9.70. The summed E-state index contributed by atoms with van der Waals surface area (Å²) in [5.74, 6) is 6.36. The van der Waals surface area contributed by atoms with Gasteiger partial charge in [-0.15, -0.1) is 0 Å². The minimum absolute atomic E-state index is 0.975. The summed E-state index contributed by atoms with van der Waals surface area (Å²) < 4.78 is 0. The third-order valence-corrected chi connectivity index (χ3v) is 2.52. The average molecular weight is 209 g/mol. The first-order chi connectivity index (χ1) is 7.75. The maximum atomic E-state index is 3.18. The molecule has 0 aromatic heterocycles. The minimum Gasteiger partial charge on any atom is -0.378 e. The Morgan fingerprint density at radius 3 is 2.38 bits per heavy atom. The van der Waals surface area contributed by atoms with E-state index in [0.29, 0.717) is 0 Å². The second-order valence-electron chi connectivity index (χ2n) is 4.02. The Hall–Kier alpha value is -1.94. The Bertz CT molecular complexity index is 478. The fourth-order valence-electron chi connectivity index (χ4n) is 1.54. The molecule has 1 aromatic rings. The van der Waals surface area contributed by atoms with Crippen LogP contribution < -0.4 is 4.90 Å². The molecular formula is C15H15N. The Morgan fingerprint density at radius 2 is 1.81 bits per heavy atom. The third-order valence-electron chi connectivity index (χ3n) is 2.52. The highest BCUT2D eigenvalue weighted by Crippen LogP contribution is 2.12. The van der Waals surface area contributed by atoms with Crippen molar-refractivity contribution in [3.63, 3.8) is 0 Å². The molecular weight excluding hydrogens is 194 g/mol. The van der Waals surface area contributed by atoms with Crippen molar-refractivity contribution in [2.24, 2.45) is 0 Å². The molecule has 0 amide bonds. The van der Waals surface area contributed by atoms with Crippen LogP contribution in [0.3, 0.4) is 0 Å². The lowest BCUT2D eigenvalue weighted by Gasteiger charge is -2.11. The summed E-state index contributed by atoms with van der Waals surface area (Å²) >= 11 is 0. The Labute approximate surface area is 97.1 Å². The molecule has 1 aromatic carbocycles. The van der Waals surface area contributed by atoms with E-state index in [1.807, 2.05) is 14.1 Å². The molecule has 0 radical (unpaired) electrons. The first kappa shape index (κ1) is 10.6. The third kappa shape index (κ3) is 2.55. The summed E-state index contributed by atoms with van der Waals surface area (Å²) in [6.07, 6.45) is 7.22. The average Bonchev–Trinajstić information content (AvgIpc) is 2.80. The summed E-state index contributed by atoms with van der Waals surface area (Å²) in [5.41, 5.74) is 3.46. The highest BCUT2D eigenvalue weighted by atomic mass is 15.1. The van der Waals surface area contributed by atoms with Gasteiger partial charge >= 0.3 is 0 Å². The molecule has 0 saturated carbocycles. The number of anilines is 1. The molecule has 1 aliphatic rings. The number of nitrogens with zero attached hydrogens (tertiary/aromatic N) is 1. The van der Waals surface area contributed by atoms with Crippen molar-refractivity contribution in [2.75, 3.05) is 19.0 Å². The highest BCUT2D eigenvalue weighted by Gasteiger charge is 1.95. The largest absolute Gasteiger partial charge is 0.378 e. The van der Waals surface area contributed by atoms with Gasteiger partial charge in [0.15, 0.2) is 0 Å². The molecule has 0 atom stereocenters. The predicted octanol–water partition coefficient (Wildman–Crippen LogP) is 2.99. The van der Waals surface area contributed by atoms with Crippen LogP contribution in [0.1, 0.15) is 12.0 Å². The van der Waals surface area contributed by atoms with Gasteiger partial charge in [-0.05, 0) is 30.7 Å². The van der Waals surface area contributed by atoms with Crippen LogP contribution in [0.4, 0.5) is 5.69 Å². The lowest BCUT2D eigenvalue weighted by molar-refractivity contribution is 1.13. The van der Waals surface area contributed by atoms with Crippen LogP contribution in [0.5, 0.6) is 0 Å². The molecule has 0 saturated heterocycles. The van der Waals surface area contributed by atoms with Crippen molar-refractivity contribution in [1.29, 1.82) is 0 Å².